The standard InChI is InChI=1S/C24H21ClN2O4/c1-30-21-12-16(9-10-20(21)31-15-17-6-2-3-7-19(17)25)18-13-23(28)27(24(29)14-18)22-8-4-5-11-26-22/h2-12,18H,13-15H2,1H3. The largest absolute Gasteiger partial charge is 0.493 e. The second-order valence-corrected chi connectivity index (χ2v) is 7.61. The number of aromatic nitrogens is 1. The van der Waals surface area contributed by atoms with Crippen LogP contribution in [0, 0.1) is 0 Å². The van der Waals surface area contributed by atoms with Crippen LogP contribution in [0.5, 0.6) is 11.5 Å². The van der Waals surface area contributed by atoms with Crippen LogP contribution in [0.3, 0.4) is 0 Å². The molecule has 1 fully saturated rings. The van der Waals surface area contributed by atoms with Gasteiger partial charge in [-0.25, -0.2) is 9.88 Å². The molecule has 0 radical (unpaired) electrons. The van der Waals surface area contributed by atoms with Crippen molar-refractivity contribution in [3.63, 3.8) is 0 Å². The highest BCUT2D eigenvalue weighted by Crippen LogP contribution is 2.37. The molecule has 31 heavy (non-hydrogen) atoms. The summed E-state index contributed by atoms with van der Waals surface area (Å²) >= 11 is 6.19. The van der Waals surface area contributed by atoms with Gasteiger partial charge in [0.25, 0.3) is 0 Å². The molecule has 0 bridgehead atoms. The Balaban J connectivity index is 1.50. The first-order chi connectivity index (χ1) is 15.1. The van der Waals surface area contributed by atoms with Crippen LogP contribution < -0.4 is 14.4 Å². The van der Waals surface area contributed by atoms with Gasteiger partial charge >= 0.3 is 0 Å². The number of hydrogen-bond acceptors (Lipinski definition) is 5. The number of anilines is 1. The lowest BCUT2D eigenvalue weighted by atomic mass is 9.88. The predicted octanol–water partition coefficient (Wildman–Crippen LogP) is 4.76. The normalized spacial score (nSPS) is 14.6. The van der Waals surface area contributed by atoms with Crippen molar-refractivity contribution >= 4 is 29.2 Å². The molecule has 2 heterocycles. The average Bonchev–Trinajstić information content (AvgIpc) is 2.78. The first-order valence-corrected chi connectivity index (χ1v) is 10.3. The van der Waals surface area contributed by atoms with Gasteiger partial charge in [-0.15, -0.1) is 0 Å². The molecular weight excluding hydrogens is 416 g/mol. The third-order valence-corrected chi connectivity index (χ3v) is 5.59. The molecule has 0 atom stereocenters. The number of pyridine rings is 1. The number of nitrogens with zero attached hydrogens (tertiary/aromatic N) is 2. The van der Waals surface area contributed by atoms with E-state index in [4.69, 9.17) is 21.1 Å². The molecule has 1 aliphatic heterocycles. The average molecular weight is 437 g/mol. The topological polar surface area (TPSA) is 68.7 Å². The fraction of sp³-hybridized carbons (Fsp3) is 0.208. The van der Waals surface area contributed by atoms with Gasteiger partial charge in [0.2, 0.25) is 11.8 Å². The van der Waals surface area contributed by atoms with E-state index < -0.39 is 0 Å². The Bertz CT molecular complexity index is 1090. The summed E-state index contributed by atoms with van der Waals surface area (Å²) < 4.78 is 11.4. The molecule has 4 rings (SSSR count). The number of benzene rings is 2. The Kier molecular flexibility index (Phi) is 6.18. The molecule has 0 saturated carbocycles. The second kappa shape index (κ2) is 9.18. The van der Waals surface area contributed by atoms with Gasteiger partial charge < -0.3 is 9.47 Å². The number of carbonyl (C=O) groups is 2. The Labute approximate surface area is 185 Å². The van der Waals surface area contributed by atoms with Crippen LogP contribution in [-0.4, -0.2) is 23.9 Å². The van der Waals surface area contributed by atoms with Crippen molar-refractivity contribution in [1.29, 1.82) is 0 Å². The number of amides is 2. The lowest BCUT2D eigenvalue weighted by Crippen LogP contribution is -2.43. The Morgan fingerprint density at radius 1 is 1.00 bits per heavy atom. The number of imide groups is 1. The maximum Gasteiger partial charge on any atom is 0.235 e. The van der Waals surface area contributed by atoms with Crippen molar-refractivity contribution in [3.05, 3.63) is 83.0 Å². The van der Waals surface area contributed by atoms with Crippen LogP contribution in [0.15, 0.2) is 66.9 Å². The van der Waals surface area contributed by atoms with E-state index in [0.717, 1.165) is 16.0 Å². The van der Waals surface area contributed by atoms with Crippen molar-refractivity contribution in [2.75, 3.05) is 12.0 Å². The lowest BCUT2D eigenvalue weighted by molar-refractivity contribution is -0.129. The van der Waals surface area contributed by atoms with Crippen molar-refractivity contribution in [2.24, 2.45) is 0 Å². The maximum absolute atomic E-state index is 12.7. The van der Waals surface area contributed by atoms with Gasteiger partial charge in [0.1, 0.15) is 12.4 Å². The third kappa shape index (κ3) is 4.54. The summed E-state index contributed by atoms with van der Waals surface area (Å²) in [5, 5.41) is 0.634. The van der Waals surface area contributed by atoms with Crippen molar-refractivity contribution in [3.8, 4) is 11.5 Å². The number of piperidine rings is 1. The van der Waals surface area contributed by atoms with Gasteiger partial charge in [0, 0.05) is 35.5 Å². The first-order valence-electron chi connectivity index (χ1n) is 9.87. The van der Waals surface area contributed by atoms with Crippen molar-refractivity contribution in [1.82, 2.24) is 4.98 Å². The number of hydrogen-bond donors (Lipinski definition) is 0. The minimum Gasteiger partial charge on any atom is -0.493 e. The molecule has 2 amide bonds. The van der Waals surface area contributed by atoms with Gasteiger partial charge in [0.05, 0.1) is 7.11 Å². The number of rotatable bonds is 6. The van der Waals surface area contributed by atoms with Crippen LogP contribution in [0.4, 0.5) is 5.82 Å². The summed E-state index contributed by atoms with van der Waals surface area (Å²) in [5.74, 6) is 0.700. The molecule has 1 aliphatic rings. The zero-order valence-electron chi connectivity index (χ0n) is 17.0. The highest BCUT2D eigenvalue weighted by Gasteiger charge is 2.35. The van der Waals surface area contributed by atoms with Crippen LogP contribution in [0.1, 0.15) is 29.9 Å². The molecule has 1 aromatic heterocycles. The second-order valence-electron chi connectivity index (χ2n) is 7.21. The van der Waals surface area contributed by atoms with Crippen LogP contribution in [-0.2, 0) is 16.2 Å². The van der Waals surface area contributed by atoms with E-state index in [1.165, 1.54) is 0 Å². The molecule has 3 aromatic rings. The molecule has 0 spiro atoms. The van der Waals surface area contributed by atoms with Gasteiger partial charge in [-0.3, -0.25) is 9.59 Å². The molecule has 0 aliphatic carbocycles. The van der Waals surface area contributed by atoms with E-state index in [9.17, 15) is 9.59 Å². The van der Waals surface area contributed by atoms with Crippen molar-refractivity contribution < 1.29 is 19.1 Å². The summed E-state index contributed by atoms with van der Waals surface area (Å²) in [6.45, 7) is 0.300. The smallest absolute Gasteiger partial charge is 0.235 e. The number of carbonyl (C=O) groups excluding carboxylic acids is 2. The van der Waals surface area contributed by atoms with Crippen LogP contribution >= 0.6 is 11.6 Å². The SMILES string of the molecule is COc1cc(C2CC(=O)N(c3ccccn3)C(=O)C2)ccc1OCc1ccccc1Cl. The lowest BCUT2D eigenvalue weighted by Gasteiger charge is -2.29. The summed E-state index contributed by atoms with van der Waals surface area (Å²) in [7, 11) is 1.56. The molecule has 1 saturated heterocycles. The third-order valence-electron chi connectivity index (χ3n) is 5.22. The van der Waals surface area contributed by atoms with E-state index in [1.807, 2.05) is 36.4 Å². The minimum absolute atomic E-state index is 0.214. The van der Waals surface area contributed by atoms with E-state index in [1.54, 1.807) is 37.6 Å². The van der Waals surface area contributed by atoms with E-state index >= 15 is 0 Å². The Hall–Kier alpha value is -3.38. The monoisotopic (exact) mass is 436 g/mol. The number of halogens is 1. The fourth-order valence-electron chi connectivity index (χ4n) is 3.62. The zero-order valence-corrected chi connectivity index (χ0v) is 17.7. The Morgan fingerprint density at radius 2 is 1.74 bits per heavy atom. The highest BCUT2D eigenvalue weighted by atomic mass is 35.5. The fourth-order valence-corrected chi connectivity index (χ4v) is 3.81. The van der Waals surface area contributed by atoms with Crippen molar-refractivity contribution in [2.45, 2.75) is 25.4 Å². The highest BCUT2D eigenvalue weighted by molar-refractivity contribution is 6.31. The van der Waals surface area contributed by atoms with E-state index in [0.29, 0.717) is 28.9 Å². The number of ether oxygens (including phenoxy) is 2. The van der Waals surface area contributed by atoms with Gasteiger partial charge in [-0.2, -0.15) is 0 Å². The quantitative estimate of drug-likeness (QED) is 0.521. The van der Waals surface area contributed by atoms with Crippen LogP contribution in [0.2, 0.25) is 5.02 Å². The molecule has 158 valence electrons. The molecule has 2 aromatic carbocycles. The summed E-state index contributed by atoms with van der Waals surface area (Å²) in [4.78, 5) is 30.7. The maximum atomic E-state index is 12.7. The number of methoxy groups -OCH3 is 1. The van der Waals surface area contributed by atoms with E-state index in [-0.39, 0.29) is 30.6 Å². The molecule has 0 unspecified atom stereocenters. The molecule has 7 heteroatoms. The first kappa shape index (κ1) is 20.9. The Morgan fingerprint density at radius 3 is 2.42 bits per heavy atom. The zero-order chi connectivity index (χ0) is 21.8. The summed E-state index contributed by atoms with van der Waals surface area (Å²) in [6.07, 6.45) is 1.99. The summed E-state index contributed by atoms with van der Waals surface area (Å²) in [5.41, 5.74) is 1.72. The van der Waals surface area contributed by atoms with Crippen LogP contribution in [0.25, 0.3) is 0 Å². The minimum atomic E-state index is -0.266. The van der Waals surface area contributed by atoms with E-state index in [2.05, 4.69) is 4.98 Å². The van der Waals surface area contributed by atoms with Gasteiger partial charge in [-0.1, -0.05) is 41.9 Å². The molecular formula is C24H21ClN2O4. The van der Waals surface area contributed by atoms with Gasteiger partial charge in [0.15, 0.2) is 11.5 Å². The van der Waals surface area contributed by atoms with Gasteiger partial charge in [-0.05, 0) is 35.9 Å². The molecule has 0 N–H and O–H groups in total. The summed E-state index contributed by atoms with van der Waals surface area (Å²) in [6, 6.07) is 18.1. The predicted molar refractivity (Wildman–Crippen MR) is 117 cm³/mol. The molecule has 6 nitrogen and oxygen atoms in total.